The molecule has 0 aliphatic rings. The molecule has 0 aromatic heterocycles. The normalized spacial score (nSPS) is 10.4. The monoisotopic (exact) mass is 434 g/mol. The summed E-state index contributed by atoms with van der Waals surface area (Å²) in [6, 6.07) is 14.0. The third-order valence-corrected chi connectivity index (χ3v) is 4.11. The van der Waals surface area contributed by atoms with E-state index in [9.17, 15) is 9.59 Å². The van der Waals surface area contributed by atoms with E-state index in [4.69, 9.17) is 9.47 Å². The number of carbonyl (C=O) groups is 2. The van der Waals surface area contributed by atoms with Crippen molar-refractivity contribution in [3.8, 4) is 11.5 Å². The van der Waals surface area contributed by atoms with Crippen LogP contribution in [0.25, 0.3) is 0 Å². The zero-order valence-corrected chi connectivity index (χ0v) is 16.9. The molecule has 7 heteroatoms. The van der Waals surface area contributed by atoms with Crippen LogP contribution in [0.5, 0.6) is 11.5 Å². The number of carbonyl (C=O) groups excluding carboxylic acids is 2. The van der Waals surface area contributed by atoms with Gasteiger partial charge in [0.2, 0.25) is 0 Å². The summed E-state index contributed by atoms with van der Waals surface area (Å²) in [5, 5.41) is 0. The molecule has 0 atom stereocenters. The molecule has 27 heavy (non-hydrogen) atoms. The first kappa shape index (κ1) is 20.8. The molecule has 0 radical (unpaired) electrons. The molecule has 144 valence electrons. The molecule has 2 aromatic carbocycles. The average Bonchev–Trinajstić information content (AvgIpc) is 2.65. The van der Waals surface area contributed by atoms with Crippen molar-refractivity contribution in [2.45, 2.75) is 20.3 Å². The number of amides is 2. The Balaban J connectivity index is 1.82. The number of rotatable bonds is 8. The second kappa shape index (κ2) is 10.6. The van der Waals surface area contributed by atoms with Crippen molar-refractivity contribution < 1.29 is 19.1 Å². The van der Waals surface area contributed by atoms with E-state index >= 15 is 0 Å². The zero-order valence-electron chi connectivity index (χ0n) is 15.3. The van der Waals surface area contributed by atoms with E-state index in [0.717, 1.165) is 10.9 Å². The minimum absolute atomic E-state index is 0.214. The standard InChI is InChI=1S/C20H23BrN2O4/c1-14(2)11-12-26-18-6-4-3-5-17(18)20(25)23-22-19(24)13-27-16-9-7-15(21)8-10-16/h3-10,14H,11-13H2,1-2H3,(H,22,24)(H,23,25). The Kier molecular flexibility index (Phi) is 8.13. The maximum absolute atomic E-state index is 12.3. The van der Waals surface area contributed by atoms with Crippen LogP contribution in [0.3, 0.4) is 0 Å². The Morgan fingerprint density at radius 1 is 1.00 bits per heavy atom. The summed E-state index contributed by atoms with van der Waals surface area (Å²) >= 11 is 3.32. The van der Waals surface area contributed by atoms with E-state index in [1.54, 1.807) is 36.4 Å². The Labute approximate surface area is 167 Å². The first-order chi connectivity index (χ1) is 13.0. The Morgan fingerprint density at radius 3 is 2.41 bits per heavy atom. The van der Waals surface area contributed by atoms with Gasteiger partial charge in [0, 0.05) is 4.47 Å². The maximum Gasteiger partial charge on any atom is 0.276 e. The summed E-state index contributed by atoms with van der Waals surface area (Å²) in [5.74, 6) is 0.632. The summed E-state index contributed by atoms with van der Waals surface area (Å²) in [5.41, 5.74) is 5.07. The molecule has 0 aliphatic heterocycles. The van der Waals surface area contributed by atoms with Gasteiger partial charge in [-0.15, -0.1) is 0 Å². The van der Waals surface area contributed by atoms with Crippen LogP contribution < -0.4 is 20.3 Å². The van der Waals surface area contributed by atoms with E-state index in [1.807, 2.05) is 12.1 Å². The first-order valence-electron chi connectivity index (χ1n) is 8.65. The van der Waals surface area contributed by atoms with E-state index in [0.29, 0.717) is 29.6 Å². The van der Waals surface area contributed by atoms with E-state index < -0.39 is 11.8 Å². The number of hydrogen-bond acceptors (Lipinski definition) is 4. The Morgan fingerprint density at radius 2 is 1.70 bits per heavy atom. The second-order valence-electron chi connectivity index (χ2n) is 6.27. The van der Waals surface area contributed by atoms with Gasteiger partial charge >= 0.3 is 0 Å². The summed E-state index contributed by atoms with van der Waals surface area (Å²) in [6.45, 7) is 4.52. The van der Waals surface area contributed by atoms with Gasteiger partial charge in [-0.1, -0.05) is 41.9 Å². The third-order valence-electron chi connectivity index (χ3n) is 3.58. The summed E-state index contributed by atoms with van der Waals surface area (Å²) in [6.07, 6.45) is 0.889. The fraction of sp³-hybridized carbons (Fsp3) is 0.300. The lowest BCUT2D eigenvalue weighted by molar-refractivity contribution is -0.123. The lowest BCUT2D eigenvalue weighted by Gasteiger charge is -2.13. The van der Waals surface area contributed by atoms with Gasteiger partial charge < -0.3 is 9.47 Å². The van der Waals surface area contributed by atoms with Crippen molar-refractivity contribution >= 4 is 27.7 Å². The number of hydrogen-bond donors (Lipinski definition) is 2. The fourth-order valence-electron chi connectivity index (χ4n) is 2.09. The van der Waals surface area contributed by atoms with Gasteiger partial charge in [-0.05, 0) is 48.7 Å². The molecule has 0 saturated carbocycles. The Bertz CT molecular complexity index is 763. The highest BCUT2D eigenvalue weighted by Crippen LogP contribution is 2.18. The van der Waals surface area contributed by atoms with E-state index in [-0.39, 0.29) is 6.61 Å². The van der Waals surface area contributed by atoms with Crippen LogP contribution in [-0.2, 0) is 4.79 Å². The number of halogens is 1. The van der Waals surface area contributed by atoms with Crippen molar-refractivity contribution in [1.82, 2.24) is 10.9 Å². The number of hydrazine groups is 1. The van der Waals surface area contributed by atoms with Crippen molar-refractivity contribution in [3.05, 3.63) is 58.6 Å². The molecule has 0 heterocycles. The topological polar surface area (TPSA) is 76.7 Å². The van der Waals surface area contributed by atoms with Crippen LogP contribution in [0, 0.1) is 5.92 Å². The SMILES string of the molecule is CC(C)CCOc1ccccc1C(=O)NNC(=O)COc1ccc(Br)cc1. The lowest BCUT2D eigenvalue weighted by atomic mass is 10.1. The van der Waals surface area contributed by atoms with Crippen molar-refractivity contribution in [2.24, 2.45) is 5.92 Å². The molecule has 2 rings (SSSR count). The largest absolute Gasteiger partial charge is 0.493 e. The zero-order chi connectivity index (χ0) is 19.6. The molecule has 0 spiro atoms. The number of para-hydroxylation sites is 1. The summed E-state index contributed by atoms with van der Waals surface area (Å²) < 4.78 is 12.0. The summed E-state index contributed by atoms with van der Waals surface area (Å²) in [4.78, 5) is 24.2. The predicted octanol–water partition coefficient (Wildman–Crippen LogP) is 3.71. The molecule has 2 aromatic rings. The smallest absolute Gasteiger partial charge is 0.276 e. The van der Waals surface area contributed by atoms with E-state index in [2.05, 4.69) is 40.6 Å². The molecule has 6 nitrogen and oxygen atoms in total. The van der Waals surface area contributed by atoms with Crippen molar-refractivity contribution in [1.29, 1.82) is 0 Å². The second-order valence-corrected chi connectivity index (χ2v) is 7.19. The average molecular weight is 435 g/mol. The highest BCUT2D eigenvalue weighted by atomic mass is 79.9. The number of nitrogens with one attached hydrogen (secondary N) is 2. The van der Waals surface area contributed by atoms with Gasteiger partial charge in [-0.2, -0.15) is 0 Å². The number of benzene rings is 2. The quantitative estimate of drug-likeness (QED) is 0.620. The highest BCUT2D eigenvalue weighted by molar-refractivity contribution is 9.10. The minimum atomic E-state index is -0.468. The Hall–Kier alpha value is -2.54. The molecule has 2 amide bonds. The van der Waals surface area contributed by atoms with Crippen LogP contribution in [0.1, 0.15) is 30.6 Å². The van der Waals surface area contributed by atoms with Crippen molar-refractivity contribution in [2.75, 3.05) is 13.2 Å². The van der Waals surface area contributed by atoms with Gasteiger partial charge in [-0.25, -0.2) is 0 Å². The molecule has 2 N–H and O–H groups in total. The van der Waals surface area contributed by atoms with Crippen LogP contribution in [0.4, 0.5) is 0 Å². The lowest BCUT2D eigenvalue weighted by Crippen LogP contribution is -2.43. The predicted molar refractivity (Wildman–Crippen MR) is 107 cm³/mol. The minimum Gasteiger partial charge on any atom is -0.493 e. The first-order valence-corrected chi connectivity index (χ1v) is 9.44. The van der Waals surface area contributed by atoms with Gasteiger partial charge in [-0.3, -0.25) is 20.4 Å². The maximum atomic E-state index is 12.3. The summed E-state index contributed by atoms with van der Waals surface area (Å²) in [7, 11) is 0. The van der Waals surface area contributed by atoms with Crippen LogP contribution in [0.2, 0.25) is 0 Å². The van der Waals surface area contributed by atoms with Crippen LogP contribution in [-0.4, -0.2) is 25.0 Å². The molecule has 0 fully saturated rings. The van der Waals surface area contributed by atoms with Gasteiger partial charge in [0.15, 0.2) is 6.61 Å². The van der Waals surface area contributed by atoms with Gasteiger partial charge in [0.1, 0.15) is 11.5 Å². The van der Waals surface area contributed by atoms with Crippen LogP contribution in [0.15, 0.2) is 53.0 Å². The van der Waals surface area contributed by atoms with E-state index in [1.165, 1.54) is 0 Å². The molecule has 0 saturated heterocycles. The van der Waals surface area contributed by atoms with Gasteiger partial charge in [0.25, 0.3) is 11.8 Å². The van der Waals surface area contributed by atoms with Gasteiger partial charge in [0.05, 0.1) is 12.2 Å². The molecule has 0 unspecified atom stereocenters. The number of ether oxygens (including phenoxy) is 2. The third kappa shape index (κ3) is 7.30. The molecular weight excluding hydrogens is 412 g/mol. The molecule has 0 aliphatic carbocycles. The molecule has 0 bridgehead atoms. The van der Waals surface area contributed by atoms with Crippen molar-refractivity contribution in [3.63, 3.8) is 0 Å². The molecular formula is C20H23BrN2O4. The fourth-order valence-corrected chi connectivity index (χ4v) is 2.36. The van der Waals surface area contributed by atoms with Crippen LogP contribution >= 0.6 is 15.9 Å². The highest BCUT2D eigenvalue weighted by Gasteiger charge is 2.13.